The van der Waals surface area contributed by atoms with Gasteiger partial charge in [-0.05, 0) is 47.6 Å². The molecule has 6 heteroatoms. The Balaban J connectivity index is 1.45. The number of anilines is 1. The van der Waals surface area contributed by atoms with E-state index in [1.165, 1.54) is 75.5 Å². The van der Waals surface area contributed by atoms with Crippen LogP contribution in [-0.4, -0.2) is 30.4 Å². The van der Waals surface area contributed by atoms with E-state index in [1.807, 2.05) is 53.1 Å². The molecule has 0 saturated carbocycles. The van der Waals surface area contributed by atoms with Crippen LogP contribution in [0.1, 0.15) is 109 Å². The summed E-state index contributed by atoms with van der Waals surface area (Å²) in [6.07, 6.45) is 18.2. The zero-order valence-corrected chi connectivity index (χ0v) is 26.8. The summed E-state index contributed by atoms with van der Waals surface area (Å²) in [5.41, 5.74) is 3.11. The van der Waals surface area contributed by atoms with Crippen LogP contribution >= 0.6 is 11.8 Å². The van der Waals surface area contributed by atoms with Gasteiger partial charge >= 0.3 is 0 Å². The predicted molar refractivity (Wildman–Crippen MR) is 175 cm³/mol. The molecule has 0 saturated heterocycles. The van der Waals surface area contributed by atoms with E-state index >= 15 is 0 Å². The molecule has 0 bridgehead atoms. The second-order valence-corrected chi connectivity index (χ2v) is 12.4. The molecule has 226 valence electrons. The second-order valence-electron chi connectivity index (χ2n) is 11.2. The number of methoxy groups -OCH3 is 1. The topological polar surface area (TPSA) is 42.0 Å². The number of carbonyl (C=O) groups excluding carboxylic acids is 1. The van der Waals surface area contributed by atoms with Crippen LogP contribution in [0.25, 0.3) is 0 Å². The summed E-state index contributed by atoms with van der Waals surface area (Å²) in [4.78, 5) is 18.3. The first-order valence-corrected chi connectivity index (χ1v) is 16.7. The Morgan fingerprint density at radius 1 is 0.902 bits per heavy atom. The number of para-hydroxylation sites is 1. The monoisotopic (exact) mass is 580 g/mol. The van der Waals surface area contributed by atoms with E-state index in [0.29, 0.717) is 18.9 Å². The number of nitrogens with zero attached hydrogens (tertiary/aromatic N) is 2. The van der Waals surface area contributed by atoms with Crippen molar-refractivity contribution in [1.82, 2.24) is 4.90 Å². The SMILES string of the molecule is CCCCCCCCCCCCCCOc1ccc(CN(C(C)=O)c2ccccc2CN2C=C(C)SC2)cc1OC. The lowest BCUT2D eigenvalue weighted by molar-refractivity contribution is -0.116. The Hall–Kier alpha value is -2.60. The average molecular weight is 581 g/mol. The Bertz CT molecular complexity index is 1090. The molecule has 0 aliphatic carbocycles. The summed E-state index contributed by atoms with van der Waals surface area (Å²) in [6, 6.07) is 14.2. The summed E-state index contributed by atoms with van der Waals surface area (Å²) in [5.74, 6) is 2.44. The zero-order chi connectivity index (χ0) is 29.3. The highest BCUT2D eigenvalue weighted by atomic mass is 32.2. The van der Waals surface area contributed by atoms with Gasteiger partial charge in [0.2, 0.25) is 5.91 Å². The van der Waals surface area contributed by atoms with Crippen molar-refractivity contribution in [3.05, 3.63) is 64.7 Å². The Kier molecular flexibility index (Phi) is 15.1. The first-order chi connectivity index (χ1) is 20.0. The number of amides is 1. The fourth-order valence-corrected chi connectivity index (χ4v) is 6.10. The molecule has 0 unspecified atom stereocenters. The van der Waals surface area contributed by atoms with E-state index < -0.39 is 0 Å². The molecule has 0 N–H and O–H groups in total. The molecule has 3 rings (SSSR count). The van der Waals surface area contributed by atoms with Crippen LogP contribution in [0.15, 0.2) is 53.6 Å². The van der Waals surface area contributed by atoms with Gasteiger partial charge in [0.05, 0.1) is 26.1 Å². The minimum absolute atomic E-state index is 0.0197. The van der Waals surface area contributed by atoms with Gasteiger partial charge in [0, 0.05) is 25.4 Å². The highest BCUT2D eigenvalue weighted by molar-refractivity contribution is 8.03. The maximum Gasteiger partial charge on any atom is 0.224 e. The molecule has 1 heterocycles. The Morgan fingerprint density at radius 2 is 1.56 bits per heavy atom. The van der Waals surface area contributed by atoms with E-state index in [0.717, 1.165) is 41.4 Å². The second kappa shape index (κ2) is 18.8. The van der Waals surface area contributed by atoms with E-state index in [4.69, 9.17) is 9.47 Å². The minimum atomic E-state index is 0.0197. The fourth-order valence-electron chi connectivity index (χ4n) is 5.34. The number of allylic oxidation sites excluding steroid dienone is 1. The molecule has 0 atom stereocenters. The highest BCUT2D eigenvalue weighted by Gasteiger charge is 2.19. The standard InChI is InChI=1S/C35H52N2O3S/c1-5-6-7-8-9-10-11-12-13-14-15-18-23-40-34-22-21-31(24-35(34)39-4)26-37(30(3)38)33-20-17-16-19-32(33)27-36-25-29(2)41-28-36/h16-17,19-22,24-25H,5-15,18,23,26-28H2,1-4H3. The number of hydrogen-bond acceptors (Lipinski definition) is 5. The van der Waals surface area contributed by atoms with E-state index in [-0.39, 0.29) is 5.91 Å². The van der Waals surface area contributed by atoms with E-state index in [2.05, 4.69) is 31.0 Å². The smallest absolute Gasteiger partial charge is 0.224 e. The summed E-state index contributed by atoms with van der Waals surface area (Å²) < 4.78 is 11.8. The molecule has 0 spiro atoms. The molecule has 5 nitrogen and oxygen atoms in total. The van der Waals surface area contributed by atoms with Gasteiger partial charge in [-0.3, -0.25) is 4.79 Å². The number of carbonyl (C=O) groups is 1. The Labute approximate surface area is 253 Å². The van der Waals surface area contributed by atoms with Crippen molar-refractivity contribution in [3.8, 4) is 11.5 Å². The lowest BCUT2D eigenvalue weighted by Gasteiger charge is -2.26. The number of thioether (sulfide) groups is 1. The number of hydrogen-bond donors (Lipinski definition) is 0. The maximum absolute atomic E-state index is 12.8. The lowest BCUT2D eigenvalue weighted by Crippen LogP contribution is -2.29. The van der Waals surface area contributed by atoms with Crippen molar-refractivity contribution in [2.24, 2.45) is 0 Å². The zero-order valence-electron chi connectivity index (χ0n) is 26.0. The van der Waals surface area contributed by atoms with Gasteiger partial charge in [-0.2, -0.15) is 0 Å². The molecular formula is C35H52N2O3S. The summed E-state index contributed by atoms with van der Waals surface area (Å²) in [6.45, 7) is 8.00. The summed E-state index contributed by atoms with van der Waals surface area (Å²) in [7, 11) is 1.68. The molecule has 2 aromatic rings. The van der Waals surface area contributed by atoms with Crippen LogP contribution in [-0.2, 0) is 17.9 Å². The number of benzene rings is 2. The summed E-state index contributed by atoms with van der Waals surface area (Å²) in [5, 5.41) is 0. The molecule has 1 amide bonds. The van der Waals surface area contributed by atoms with Gasteiger partial charge in [-0.1, -0.05) is 102 Å². The van der Waals surface area contributed by atoms with Gasteiger partial charge in [-0.15, -0.1) is 11.8 Å². The number of unbranched alkanes of at least 4 members (excludes halogenated alkanes) is 11. The molecule has 0 aromatic heterocycles. The molecule has 1 aliphatic rings. The normalized spacial score (nSPS) is 12.9. The van der Waals surface area contributed by atoms with Crippen molar-refractivity contribution in [1.29, 1.82) is 0 Å². The van der Waals surface area contributed by atoms with Crippen LogP contribution in [0.4, 0.5) is 5.69 Å². The van der Waals surface area contributed by atoms with Gasteiger partial charge in [-0.25, -0.2) is 0 Å². The molecule has 41 heavy (non-hydrogen) atoms. The molecule has 0 radical (unpaired) electrons. The van der Waals surface area contributed by atoms with Crippen molar-refractivity contribution in [3.63, 3.8) is 0 Å². The van der Waals surface area contributed by atoms with Gasteiger partial charge in [0.25, 0.3) is 0 Å². The quantitative estimate of drug-likeness (QED) is 0.146. The van der Waals surface area contributed by atoms with Crippen LogP contribution in [0.2, 0.25) is 0 Å². The van der Waals surface area contributed by atoms with Crippen LogP contribution in [0.5, 0.6) is 11.5 Å². The van der Waals surface area contributed by atoms with Crippen LogP contribution in [0.3, 0.4) is 0 Å². The fraction of sp³-hybridized carbons (Fsp3) is 0.571. The number of ether oxygens (including phenoxy) is 2. The molecule has 1 aliphatic heterocycles. The molecular weight excluding hydrogens is 528 g/mol. The van der Waals surface area contributed by atoms with Crippen LogP contribution < -0.4 is 14.4 Å². The van der Waals surface area contributed by atoms with Gasteiger partial charge < -0.3 is 19.3 Å². The van der Waals surface area contributed by atoms with Gasteiger partial charge in [0.15, 0.2) is 11.5 Å². The lowest BCUT2D eigenvalue weighted by atomic mass is 10.1. The minimum Gasteiger partial charge on any atom is -0.493 e. The largest absolute Gasteiger partial charge is 0.493 e. The first-order valence-electron chi connectivity index (χ1n) is 15.7. The molecule has 0 fully saturated rings. The van der Waals surface area contributed by atoms with Crippen molar-refractivity contribution in [2.45, 2.75) is 111 Å². The van der Waals surface area contributed by atoms with Crippen LogP contribution in [0, 0.1) is 0 Å². The Morgan fingerprint density at radius 3 is 2.17 bits per heavy atom. The van der Waals surface area contributed by atoms with E-state index in [9.17, 15) is 4.79 Å². The third-order valence-electron chi connectivity index (χ3n) is 7.68. The third-order valence-corrected chi connectivity index (χ3v) is 8.70. The van der Waals surface area contributed by atoms with Crippen molar-refractivity contribution < 1.29 is 14.3 Å². The predicted octanol–water partition coefficient (Wildman–Crippen LogP) is 9.70. The number of rotatable bonds is 20. The maximum atomic E-state index is 12.8. The summed E-state index contributed by atoms with van der Waals surface area (Å²) >= 11 is 1.85. The average Bonchev–Trinajstić information content (AvgIpc) is 3.39. The molecule has 2 aromatic carbocycles. The highest BCUT2D eigenvalue weighted by Crippen LogP contribution is 2.32. The van der Waals surface area contributed by atoms with E-state index in [1.54, 1.807) is 14.0 Å². The first kappa shape index (κ1) is 32.9. The van der Waals surface area contributed by atoms with Crippen molar-refractivity contribution >= 4 is 23.4 Å². The van der Waals surface area contributed by atoms with Gasteiger partial charge in [0.1, 0.15) is 0 Å². The van der Waals surface area contributed by atoms with Crippen molar-refractivity contribution in [2.75, 3.05) is 24.5 Å². The third kappa shape index (κ3) is 11.7.